The molecule has 0 saturated carbocycles. The molecule has 186 valence electrons. The van der Waals surface area contributed by atoms with Crippen LogP contribution in [-0.2, 0) is 11.2 Å². The molecule has 0 spiro atoms. The number of hydrogen-bond donors (Lipinski definition) is 3. The summed E-state index contributed by atoms with van der Waals surface area (Å²) in [5.41, 5.74) is 3.58. The predicted molar refractivity (Wildman–Crippen MR) is 116 cm³/mol. The van der Waals surface area contributed by atoms with Crippen LogP contribution in [0, 0.1) is 0 Å². The van der Waals surface area contributed by atoms with Crippen LogP contribution in [0.5, 0.6) is 0 Å². The number of aliphatic carboxylic acids is 1. The molecule has 3 heterocycles. The average molecular weight is 517 g/mol. The Bertz CT molecular complexity index is 1240. The highest BCUT2D eigenvalue weighted by atomic mass is 32.2. The number of H-pyrrole nitrogens is 1. The van der Waals surface area contributed by atoms with E-state index in [1.54, 1.807) is 30.1 Å². The number of nitrogens with zero attached hydrogens (tertiary/aromatic N) is 1. The number of thioether (sulfide) groups is 1. The first-order valence-corrected chi connectivity index (χ1v) is 11.0. The van der Waals surface area contributed by atoms with E-state index < -0.39 is 30.3 Å². The summed E-state index contributed by atoms with van der Waals surface area (Å²) in [6.45, 7) is 0. The second kappa shape index (κ2) is 10.0. The van der Waals surface area contributed by atoms with Gasteiger partial charge in [0.15, 0.2) is 0 Å². The van der Waals surface area contributed by atoms with Crippen molar-refractivity contribution >= 4 is 23.6 Å². The number of carboxylic acids is 1. The fourth-order valence-electron chi connectivity index (χ4n) is 3.24. The number of nitrogens with one attached hydrogen (secondary N) is 2. The van der Waals surface area contributed by atoms with Gasteiger partial charge in [-0.1, -0.05) is 12.1 Å². The van der Waals surface area contributed by atoms with E-state index in [1.165, 1.54) is 0 Å². The molecule has 1 amide bonds. The third-order valence-electron chi connectivity index (χ3n) is 4.93. The number of pyridine rings is 1. The Balaban J connectivity index is 0.000000429. The van der Waals surface area contributed by atoms with Crippen LogP contribution in [0.4, 0.5) is 26.3 Å². The zero-order chi connectivity index (χ0) is 26.0. The first kappa shape index (κ1) is 26.1. The van der Waals surface area contributed by atoms with Crippen LogP contribution in [0.25, 0.3) is 22.5 Å². The zero-order valence-electron chi connectivity index (χ0n) is 17.8. The lowest BCUT2D eigenvalue weighted by atomic mass is 10.0. The van der Waals surface area contributed by atoms with Crippen molar-refractivity contribution in [3.05, 3.63) is 59.9 Å². The van der Waals surface area contributed by atoms with Gasteiger partial charge in [-0.15, -0.1) is 11.8 Å². The number of benzene rings is 1. The smallest absolute Gasteiger partial charge is 0.475 e. The van der Waals surface area contributed by atoms with Crippen LogP contribution in [-0.4, -0.2) is 51.6 Å². The molecule has 1 aromatic carbocycles. The largest absolute Gasteiger partial charge is 0.490 e. The number of carbonyl (C=O) groups is 2. The molecule has 2 aromatic heterocycles. The molecule has 1 aliphatic heterocycles. The van der Waals surface area contributed by atoms with Gasteiger partial charge in [0.1, 0.15) is 6.04 Å². The van der Waals surface area contributed by atoms with Gasteiger partial charge >= 0.3 is 18.3 Å². The summed E-state index contributed by atoms with van der Waals surface area (Å²) in [7, 11) is 0. The van der Waals surface area contributed by atoms with Crippen LogP contribution < -0.4 is 5.32 Å². The third kappa shape index (κ3) is 6.35. The maximum absolute atomic E-state index is 13.0. The van der Waals surface area contributed by atoms with Crippen LogP contribution in [0.1, 0.15) is 16.1 Å². The zero-order valence-corrected chi connectivity index (χ0v) is 18.6. The van der Waals surface area contributed by atoms with E-state index in [0.29, 0.717) is 11.4 Å². The Morgan fingerprint density at radius 2 is 1.77 bits per heavy atom. The maximum Gasteiger partial charge on any atom is 0.490 e. The maximum atomic E-state index is 13.0. The first-order chi connectivity index (χ1) is 16.3. The Labute approximate surface area is 198 Å². The number of amides is 1. The predicted octanol–water partition coefficient (Wildman–Crippen LogP) is 5.32. The lowest BCUT2D eigenvalue weighted by Crippen LogP contribution is -2.49. The monoisotopic (exact) mass is 517 g/mol. The fourth-order valence-corrected chi connectivity index (χ4v) is 3.70. The van der Waals surface area contributed by atoms with E-state index >= 15 is 0 Å². The van der Waals surface area contributed by atoms with Crippen molar-refractivity contribution in [3.8, 4) is 22.5 Å². The highest BCUT2D eigenvalue weighted by Gasteiger charge is 2.44. The lowest BCUT2D eigenvalue weighted by Gasteiger charge is -2.25. The number of aromatic nitrogens is 2. The summed E-state index contributed by atoms with van der Waals surface area (Å²) in [4.78, 5) is 29.5. The van der Waals surface area contributed by atoms with Crippen molar-refractivity contribution < 1.29 is 41.0 Å². The summed E-state index contributed by atoms with van der Waals surface area (Å²) in [6, 6.07) is 11.3. The topological polar surface area (TPSA) is 95.1 Å². The molecule has 0 aliphatic carbocycles. The Hall–Kier alpha value is -3.48. The Morgan fingerprint density at radius 3 is 2.37 bits per heavy atom. The van der Waals surface area contributed by atoms with Gasteiger partial charge in [-0.3, -0.25) is 9.78 Å². The van der Waals surface area contributed by atoms with E-state index in [4.69, 9.17) is 9.90 Å². The second-order valence-corrected chi connectivity index (χ2v) is 8.19. The van der Waals surface area contributed by atoms with Gasteiger partial charge in [0.25, 0.3) is 5.91 Å². The lowest BCUT2D eigenvalue weighted by molar-refractivity contribution is -0.192. The van der Waals surface area contributed by atoms with Gasteiger partial charge < -0.3 is 15.4 Å². The van der Waals surface area contributed by atoms with Crippen LogP contribution in [0.3, 0.4) is 0 Å². The summed E-state index contributed by atoms with van der Waals surface area (Å²) in [5.74, 6) is -3.47. The molecule has 1 atom stereocenters. The Morgan fingerprint density at radius 1 is 1.09 bits per heavy atom. The molecule has 0 radical (unpaired) electrons. The molecule has 6 nitrogen and oxygen atoms in total. The van der Waals surface area contributed by atoms with E-state index in [2.05, 4.69) is 9.97 Å². The molecule has 1 unspecified atom stereocenters. The number of aromatic amines is 1. The molecule has 3 N–H and O–H groups in total. The minimum atomic E-state index is -5.08. The van der Waals surface area contributed by atoms with E-state index in [9.17, 15) is 31.1 Å². The molecule has 3 aromatic rings. The van der Waals surface area contributed by atoms with Crippen LogP contribution in [0.2, 0.25) is 0 Å². The van der Waals surface area contributed by atoms with E-state index in [-0.39, 0.29) is 12.0 Å². The molecule has 0 bridgehead atoms. The molecule has 0 saturated heterocycles. The molecular formula is C22H17F6N3O3S. The molecule has 4 rings (SSSR count). The van der Waals surface area contributed by atoms with E-state index in [1.807, 2.05) is 41.9 Å². The molecule has 35 heavy (non-hydrogen) atoms. The average Bonchev–Trinajstić information content (AvgIpc) is 3.23. The third-order valence-corrected chi connectivity index (χ3v) is 5.66. The number of carbonyl (C=O) groups excluding carboxylic acids is 1. The quantitative estimate of drug-likeness (QED) is 0.323. The van der Waals surface area contributed by atoms with Gasteiger partial charge in [0, 0.05) is 40.0 Å². The Kier molecular flexibility index (Phi) is 7.48. The first-order valence-electron chi connectivity index (χ1n) is 9.80. The normalized spacial score (nSPS) is 15.5. The summed E-state index contributed by atoms with van der Waals surface area (Å²) in [5, 5.41) is 9.15. The standard InChI is InChI=1S/C20H16F3N3OS.C2HF3O2/c1-28-13-4-2-3-11(7-13)15-8-12(5-6-24-15)16-9-14-17(25-16)10-18(20(21,22)23)26-19(14)27;3-2(4,5)1(6)7/h2-9,18,25H,10H2,1H3,(H,26,27);(H,6,7). The van der Waals surface area contributed by atoms with E-state index in [0.717, 1.165) is 21.7 Å². The molecule has 0 fully saturated rings. The van der Waals surface area contributed by atoms with Gasteiger partial charge in [-0.25, -0.2) is 4.79 Å². The van der Waals surface area contributed by atoms with Gasteiger partial charge in [-0.05, 0) is 36.6 Å². The fraction of sp³-hybridized carbons (Fsp3) is 0.227. The number of halogens is 6. The summed E-state index contributed by atoms with van der Waals surface area (Å²) in [6.07, 6.45) is -6.23. The number of hydrogen-bond acceptors (Lipinski definition) is 4. The van der Waals surface area contributed by atoms with Crippen molar-refractivity contribution in [1.82, 2.24) is 15.3 Å². The highest BCUT2D eigenvalue weighted by molar-refractivity contribution is 7.98. The molecule has 13 heteroatoms. The minimum Gasteiger partial charge on any atom is -0.475 e. The van der Waals surface area contributed by atoms with Gasteiger partial charge in [0.2, 0.25) is 0 Å². The number of fused-ring (bicyclic) bond motifs is 1. The van der Waals surface area contributed by atoms with Crippen molar-refractivity contribution in [2.45, 2.75) is 29.7 Å². The highest BCUT2D eigenvalue weighted by Crippen LogP contribution is 2.32. The summed E-state index contributed by atoms with van der Waals surface area (Å²) >= 11 is 1.63. The molecular weight excluding hydrogens is 500 g/mol. The van der Waals surface area contributed by atoms with Gasteiger partial charge in [0.05, 0.1) is 11.3 Å². The number of carboxylic acid groups (broad SMARTS) is 1. The number of rotatable bonds is 3. The summed E-state index contributed by atoms with van der Waals surface area (Å²) < 4.78 is 70.7. The SMILES string of the molecule is CSc1cccc(-c2cc(-c3cc4c([nH]3)CC(C(F)(F)F)NC4=O)ccn2)c1.O=C(O)C(F)(F)F. The van der Waals surface area contributed by atoms with Crippen molar-refractivity contribution in [2.75, 3.05) is 6.26 Å². The van der Waals surface area contributed by atoms with Crippen molar-refractivity contribution in [2.24, 2.45) is 0 Å². The molecule has 1 aliphatic rings. The second-order valence-electron chi connectivity index (χ2n) is 7.31. The van der Waals surface area contributed by atoms with Crippen LogP contribution >= 0.6 is 11.8 Å². The number of alkyl halides is 6. The van der Waals surface area contributed by atoms with Crippen LogP contribution in [0.15, 0.2) is 53.6 Å². The van der Waals surface area contributed by atoms with Crippen molar-refractivity contribution in [1.29, 1.82) is 0 Å². The van der Waals surface area contributed by atoms with Crippen molar-refractivity contribution in [3.63, 3.8) is 0 Å². The minimum absolute atomic E-state index is 0.248. The van der Waals surface area contributed by atoms with Gasteiger partial charge in [-0.2, -0.15) is 26.3 Å².